The van der Waals surface area contributed by atoms with Crippen molar-refractivity contribution in [1.82, 2.24) is 4.90 Å². The normalized spacial score (nSPS) is 11.5. The second-order valence-corrected chi connectivity index (χ2v) is 9.06. The first kappa shape index (κ1) is 23.9. The predicted molar refractivity (Wildman–Crippen MR) is 128 cm³/mol. The van der Waals surface area contributed by atoms with Gasteiger partial charge in [-0.1, -0.05) is 37.0 Å². The van der Waals surface area contributed by atoms with Crippen LogP contribution in [0.1, 0.15) is 40.5 Å². The summed E-state index contributed by atoms with van der Waals surface area (Å²) in [7, 11) is 0. The standard InChI is InChI=1S/C26H33NO2S/c1-5-27(16-8-6-7-15-26(2,3)4)20-24(28)12-10-17-29-25-13-9-11-22(19-25)23-14-18-30-21-23/h6,8-9,11,13-14,18-19,21H,5,10,12,16-17,20H2,1-4H3/b8-6+. The van der Waals surface area contributed by atoms with Crippen molar-refractivity contribution < 1.29 is 9.53 Å². The molecule has 0 spiro atoms. The van der Waals surface area contributed by atoms with Crippen LogP contribution in [0.3, 0.4) is 0 Å². The SMILES string of the molecule is CCN(C/C=C/C#CC(C)(C)C)CC(=O)CCCOc1cccc(-c2ccsc2)c1. The van der Waals surface area contributed by atoms with Crippen LogP contribution in [0.2, 0.25) is 0 Å². The number of nitrogens with zero attached hydrogens (tertiary/aromatic N) is 1. The molecule has 30 heavy (non-hydrogen) atoms. The number of hydrogen-bond acceptors (Lipinski definition) is 4. The summed E-state index contributed by atoms with van der Waals surface area (Å²) in [5.41, 5.74) is 2.38. The van der Waals surface area contributed by atoms with Crippen molar-refractivity contribution in [3.05, 3.63) is 53.2 Å². The fourth-order valence-corrected chi connectivity index (χ4v) is 3.47. The molecule has 0 aliphatic rings. The van der Waals surface area contributed by atoms with Crippen molar-refractivity contribution in [1.29, 1.82) is 0 Å². The number of ketones is 1. The minimum absolute atomic E-state index is 0.0119. The Hall–Kier alpha value is -2.35. The van der Waals surface area contributed by atoms with Crippen LogP contribution in [0.25, 0.3) is 11.1 Å². The van der Waals surface area contributed by atoms with Gasteiger partial charge in [-0.25, -0.2) is 0 Å². The molecule has 0 amide bonds. The number of rotatable bonds is 11. The molecule has 0 aliphatic heterocycles. The highest BCUT2D eigenvalue weighted by Gasteiger charge is 2.08. The van der Waals surface area contributed by atoms with E-state index in [2.05, 4.69) is 73.4 Å². The average Bonchev–Trinajstić information content (AvgIpc) is 3.24. The van der Waals surface area contributed by atoms with E-state index in [0.717, 1.165) is 30.8 Å². The van der Waals surface area contributed by atoms with Crippen molar-refractivity contribution in [2.45, 2.75) is 40.5 Å². The monoisotopic (exact) mass is 423 g/mol. The van der Waals surface area contributed by atoms with Gasteiger partial charge >= 0.3 is 0 Å². The molecule has 0 saturated heterocycles. The summed E-state index contributed by atoms with van der Waals surface area (Å²) in [4.78, 5) is 14.4. The van der Waals surface area contributed by atoms with E-state index < -0.39 is 0 Å². The number of carbonyl (C=O) groups excluding carboxylic acids is 1. The second kappa shape index (κ2) is 12.4. The predicted octanol–water partition coefficient (Wildman–Crippen LogP) is 6.07. The van der Waals surface area contributed by atoms with Crippen LogP contribution >= 0.6 is 11.3 Å². The van der Waals surface area contributed by atoms with E-state index in [1.807, 2.05) is 24.3 Å². The molecule has 2 rings (SSSR count). The molecule has 160 valence electrons. The third-order valence-corrected chi connectivity index (χ3v) is 5.10. The summed E-state index contributed by atoms with van der Waals surface area (Å²) in [5.74, 6) is 7.35. The average molecular weight is 424 g/mol. The maximum Gasteiger partial charge on any atom is 0.146 e. The Kier molecular flexibility index (Phi) is 9.86. The Morgan fingerprint density at radius 3 is 2.77 bits per heavy atom. The molecular formula is C26H33NO2S. The van der Waals surface area contributed by atoms with E-state index in [9.17, 15) is 4.79 Å². The number of likely N-dealkylation sites (N-methyl/N-ethyl adjacent to an activating group) is 1. The highest BCUT2D eigenvalue weighted by molar-refractivity contribution is 7.08. The molecule has 1 aromatic carbocycles. The van der Waals surface area contributed by atoms with Gasteiger partial charge in [0, 0.05) is 18.4 Å². The van der Waals surface area contributed by atoms with Gasteiger partial charge in [-0.05, 0) is 79.9 Å². The van der Waals surface area contributed by atoms with Crippen molar-refractivity contribution in [2.24, 2.45) is 5.41 Å². The first-order valence-corrected chi connectivity index (χ1v) is 11.5. The summed E-state index contributed by atoms with van der Waals surface area (Å²) in [6.45, 7) is 11.0. The lowest BCUT2D eigenvalue weighted by Gasteiger charge is -2.17. The van der Waals surface area contributed by atoms with Crippen molar-refractivity contribution >= 4 is 17.1 Å². The maximum atomic E-state index is 12.3. The number of benzene rings is 1. The molecule has 0 N–H and O–H groups in total. The lowest BCUT2D eigenvalue weighted by molar-refractivity contribution is -0.120. The van der Waals surface area contributed by atoms with Crippen LogP contribution in [0, 0.1) is 17.3 Å². The fraction of sp³-hybridized carbons (Fsp3) is 0.423. The van der Waals surface area contributed by atoms with Gasteiger partial charge in [0.1, 0.15) is 11.5 Å². The molecule has 1 heterocycles. The van der Waals surface area contributed by atoms with Crippen molar-refractivity contribution in [3.63, 3.8) is 0 Å². The van der Waals surface area contributed by atoms with Gasteiger partial charge in [0.05, 0.1) is 13.2 Å². The number of ether oxygens (including phenoxy) is 1. The van der Waals surface area contributed by atoms with Crippen LogP contribution in [0.5, 0.6) is 5.75 Å². The van der Waals surface area contributed by atoms with Crippen LogP contribution < -0.4 is 4.74 Å². The van der Waals surface area contributed by atoms with E-state index in [1.54, 1.807) is 11.3 Å². The number of thiophene rings is 1. The maximum absolute atomic E-state index is 12.3. The molecular weight excluding hydrogens is 390 g/mol. The van der Waals surface area contributed by atoms with Crippen molar-refractivity contribution in [2.75, 3.05) is 26.2 Å². The van der Waals surface area contributed by atoms with Crippen molar-refractivity contribution in [3.8, 4) is 28.7 Å². The topological polar surface area (TPSA) is 29.5 Å². The molecule has 1 aromatic heterocycles. The second-order valence-electron chi connectivity index (χ2n) is 8.28. The third-order valence-electron chi connectivity index (χ3n) is 4.42. The first-order valence-electron chi connectivity index (χ1n) is 10.5. The number of Topliss-reactive ketones (excluding diaryl/α,β-unsaturated/α-hetero) is 1. The highest BCUT2D eigenvalue weighted by atomic mass is 32.1. The van der Waals surface area contributed by atoms with Crippen LogP contribution in [-0.4, -0.2) is 36.9 Å². The molecule has 0 fully saturated rings. The minimum atomic E-state index is 0.0119. The number of allylic oxidation sites excluding steroid dienone is 1. The zero-order chi connectivity index (χ0) is 21.8. The largest absolute Gasteiger partial charge is 0.494 e. The molecule has 0 radical (unpaired) electrons. The lowest BCUT2D eigenvalue weighted by Crippen LogP contribution is -2.30. The summed E-state index contributed by atoms with van der Waals surface area (Å²) >= 11 is 1.69. The molecule has 0 aliphatic carbocycles. The Labute approximate surface area is 185 Å². The van der Waals surface area contributed by atoms with Crippen LogP contribution in [0.15, 0.2) is 53.2 Å². The minimum Gasteiger partial charge on any atom is -0.494 e. The molecule has 0 bridgehead atoms. The zero-order valence-corrected chi connectivity index (χ0v) is 19.4. The summed E-state index contributed by atoms with van der Waals surface area (Å²) in [5, 5.41) is 4.20. The van der Waals surface area contributed by atoms with E-state index in [-0.39, 0.29) is 11.2 Å². The van der Waals surface area contributed by atoms with Gasteiger partial charge in [-0.15, -0.1) is 0 Å². The first-order chi connectivity index (χ1) is 14.4. The van der Waals surface area contributed by atoms with Gasteiger partial charge in [-0.2, -0.15) is 11.3 Å². The van der Waals surface area contributed by atoms with Crippen LogP contribution in [-0.2, 0) is 4.79 Å². The highest BCUT2D eigenvalue weighted by Crippen LogP contribution is 2.25. The van der Waals surface area contributed by atoms with E-state index in [1.165, 1.54) is 5.56 Å². The quantitative estimate of drug-likeness (QED) is 0.324. The molecule has 3 nitrogen and oxygen atoms in total. The summed E-state index contributed by atoms with van der Waals surface area (Å²) in [6, 6.07) is 10.2. The van der Waals surface area contributed by atoms with Gasteiger partial charge in [0.2, 0.25) is 0 Å². The Bertz CT molecular complexity index is 866. The molecule has 2 aromatic rings. The lowest BCUT2D eigenvalue weighted by atomic mass is 9.98. The fourth-order valence-electron chi connectivity index (χ4n) is 2.81. The molecule has 0 saturated carbocycles. The van der Waals surface area contributed by atoms with Gasteiger partial charge < -0.3 is 4.74 Å². The molecule has 0 unspecified atom stereocenters. The smallest absolute Gasteiger partial charge is 0.146 e. The Morgan fingerprint density at radius 2 is 2.07 bits per heavy atom. The van der Waals surface area contributed by atoms with Gasteiger partial charge in [-0.3, -0.25) is 9.69 Å². The molecule has 0 atom stereocenters. The summed E-state index contributed by atoms with van der Waals surface area (Å²) < 4.78 is 5.86. The number of carbonyl (C=O) groups is 1. The molecule has 4 heteroatoms. The van der Waals surface area contributed by atoms with Gasteiger partial charge in [0.25, 0.3) is 0 Å². The van der Waals surface area contributed by atoms with Crippen LogP contribution in [0.4, 0.5) is 0 Å². The van der Waals surface area contributed by atoms with Gasteiger partial charge in [0.15, 0.2) is 0 Å². The summed E-state index contributed by atoms with van der Waals surface area (Å²) in [6.07, 6.45) is 5.18. The zero-order valence-electron chi connectivity index (χ0n) is 18.6. The number of hydrogen-bond donors (Lipinski definition) is 0. The van der Waals surface area contributed by atoms with E-state index >= 15 is 0 Å². The van der Waals surface area contributed by atoms with E-state index in [0.29, 0.717) is 19.6 Å². The van der Waals surface area contributed by atoms with E-state index in [4.69, 9.17) is 4.74 Å². The Morgan fingerprint density at radius 1 is 1.23 bits per heavy atom. The Balaban J connectivity index is 1.69. The third kappa shape index (κ3) is 9.43.